The van der Waals surface area contributed by atoms with Crippen molar-refractivity contribution >= 4 is 5.91 Å². The van der Waals surface area contributed by atoms with Gasteiger partial charge in [0, 0.05) is 25.0 Å². The summed E-state index contributed by atoms with van der Waals surface area (Å²) in [6, 6.07) is 0.274. The van der Waals surface area contributed by atoms with E-state index >= 15 is 0 Å². The zero-order valence-corrected chi connectivity index (χ0v) is 10.3. The van der Waals surface area contributed by atoms with Crippen LogP contribution in [-0.2, 0) is 9.53 Å². The molecule has 15 heavy (non-hydrogen) atoms. The van der Waals surface area contributed by atoms with E-state index in [1.54, 1.807) is 0 Å². The maximum atomic E-state index is 11.2. The molecule has 1 amide bonds. The monoisotopic (exact) mass is 216 g/mol. The molecule has 0 radical (unpaired) electrons. The van der Waals surface area contributed by atoms with Gasteiger partial charge in [0.25, 0.3) is 0 Å². The zero-order chi connectivity index (χ0) is 11.7. The molecule has 0 aromatic rings. The first-order chi connectivity index (χ1) is 7.20. The molecule has 0 aromatic heterocycles. The molecule has 0 spiro atoms. The van der Waals surface area contributed by atoms with Gasteiger partial charge in [-0.15, -0.1) is 0 Å². The van der Waals surface area contributed by atoms with Crippen LogP contribution in [0, 0.1) is 5.92 Å². The van der Waals surface area contributed by atoms with E-state index in [2.05, 4.69) is 10.6 Å². The van der Waals surface area contributed by atoms with E-state index in [9.17, 15) is 4.79 Å². The minimum Gasteiger partial charge on any atom is -0.378 e. The predicted octanol–water partition coefficient (Wildman–Crippen LogP) is 0.773. The molecule has 1 rings (SSSR count). The Hall–Kier alpha value is -0.610. The summed E-state index contributed by atoms with van der Waals surface area (Å²) >= 11 is 0. The molecule has 0 aromatic carbocycles. The molecule has 0 saturated carbocycles. The molecule has 0 aliphatic carbocycles. The summed E-state index contributed by atoms with van der Waals surface area (Å²) in [6.07, 6.45) is 0. The first-order valence-corrected chi connectivity index (χ1v) is 5.79. The molecule has 1 aliphatic heterocycles. The maximum Gasteiger partial charge on any atom is 0.222 e. The van der Waals surface area contributed by atoms with Crippen LogP contribution < -0.4 is 10.6 Å². The normalized spacial score (nSPS) is 20.5. The van der Waals surface area contributed by atoms with Gasteiger partial charge in [-0.3, -0.25) is 4.79 Å². The van der Waals surface area contributed by atoms with Crippen LogP contribution in [0.25, 0.3) is 0 Å². The second-order valence-electron chi connectivity index (χ2n) is 3.63. The van der Waals surface area contributed by atoms with E-state index < -0.39 is 0 Å². The van der Waals surface area contributed by atoms with E-state index in [-0.39, 0.29) is 17.9 Å². The molecule has 1 fully saturated rings. The van der Waals surface area contributed by atoms with Crippen molar-refractivity contribution in [2.75, 3.05) is 26.3 Å². The van der Waals surface area contributed by atoms with Crippen LogP contribution in [0.3, 0.4) is 0 Å². The highest BCUT2D eigenvalue weighted by atomic mass is 16.5. The van der Waals surface area contributed by atoms with Gasteiger partial charge in [0.15, 0.2) is 0 Å². The molecule has 1 atom stereocenters. The number of nitrogens with one attached hydrogen (secondary N) is 2. The lowest BCUT2D eigenvalue weighted by atomic mass is 10.2. The van der Waals surface area contributed by atoms with Crippen molar-refractivity contribution in [1.29, 1.82) is 0 Å². The second kappa shape index (κ2) is 8.68. The molecule has 2 N–H and O–H groups in total. The number of amides is 1. The van der Waals surface area contributed by atoms with E-state index in [4.69, 9.17) is 4.74 Å². The minimum absolute atomic E-state index is 0.0597. The highest BCUT2D eigenvalue weighted by Gasteiger charge is 2.14. The summed E-state index contributed by atoms with van der Waals surface area (Å²) in [5.41, 5.74) is 0. The largest absolute Gasteiger partial charge is 0.378 e. The van der Waals surface area contributed by atoms with Gasteiger partial charge in [0.2, 0.25) is 5.91 Å². The molecule has 4 nitrogen and oxygen atoms in total. The van der Waals surface area contributed by atoms with Gasteiger partial charge >= 0.3 is 0 Å². The lowest BCUT2D eigenvalue weighted by molar-refractivity contribution is -0.124. The average molecular weight is 216 g/mol. The van der Waals surface area contributed by atoms with Crippen molar-refractivity contribution in [1.82, 2.24) is 10.6 Å². The van der Waals surface area contributed by atoms with Gasteiger partial charge in [-0.25, -0.2) is 0 Å². The SMILES string of the molecule is CC.CC(C)C(=O)NCC1COCCN1. The Labute approximate surface area is 92.8 Å². The van der Waals surface area contributed by atoms with Crippen LogP contribution in [0.2, 0.25) is 0 Å². The van der Waals surface area contributed by atoms with Crippen LogP contribution in [-0.4, -0.2) is 38.3 Å². The highest BCUT2D eigenvalue weighted by Crippen LogP contribution is 1.94. The summed E-state index contributed by atoms with van der Waals surface area (Å²) in [7, 11) is 0. The summed E-state index contributed by atoms with van der Waals surface area (Å²) in [6.45, 7) is 10.8. The lowest BCUT2D eigenvalue weighted by Crippen LogP contribution is -2.48. The molecular formula is C11H24N2O2. The quantitative estimate of drug-likeness (QED) is 0.733. The summed E-state index contributed by atoms with van der Waals surface area (Å²) in [5.74, 6) is 0.164. The third-order valence-electron chi connectivity index (χ3n) is 2.05. The van der Waals surface area contributed by atoms with Crippen LogP contribution in [0.5, 0.6) is 0 Å². The fourth-order valence-corrected chi connectivity index (χ4v) is 1.18. The number of rotatable bonds is 3. The standard InChI is InChI=1S/C9H18N2O2.C2H6/c1-7(2)9(12)11-5-8-6-13-4-3-10-8;1-2/h7-8,10H,3-6H2,1-2H3,(H,11,12);1-2H3. The van der Waals surface area contributed by atoms with Crippen LogP contribution in [0.4, 0.5) is 0 Å². The number of ether oxygens (including phenoxy) is 1. The highest BCUT2D eigenvalue weighted by molar-refractivity contribution is 5.77. The van der Waals surface area contributed by atoms with Gasteiger partial charge in [-0.05, 0) is 0 Å². The number of carbonyl (C=O) groups is 1. The van der Waals surface area contributed by atoms with Crippen LogP contribution >= 0.6 is 0 Å². The Morgan fingerprint density at radius 3 is 2.67 bits per heavy atom. The van der Waals surface area contributed by atoms with Crippen molar-refractivity contribution < 1.29 is 9.53 Å². The number of carbonyl (C=O) groups excluding carboxylic acids is 1. The van der Waals surface area contributed by atoms with Crippen molar-refractivity contribution in [3.63, 3.8) is 0 Å². The van der Waals surface area contributed by atoms with Gasteiger partial charge in [0.1, 0.15) is 0 Å². The zero-order valence-electron chi connectivity index (χ0n) is 10.3. The van der Waals surface area contributed by atoms with Gasteiger partial charge < -0.3 is 15.4 Å². The predicted molar refractivity (Wildman–Crippen MR) is 61.8 cm³/mol. The van der Waals surface area contributed by atoms with E-state index in [0.717, 1.165) is 13.2 Å². The molecule has 1 heterocycles. The fourth-order valence-electron chi connectivity index (χ4n) is 1.18. The molecule has 4 heteroatoms. The molecule has 90 valence electrons. The van der Waals surface area contributed by atoms with Crippen molar-refractivity contribution in [2.45, 2.75) is 33.7 Å². The first kappa shape index (κ1) is 14.4. The Kier molecular flexibility index (Phi) is 8.33. The van der Waals surface area contributed by atoms with E-state index in [0.29, 0.717) is 13.2 Å². The average Bonchev–Trinajstić information content (AvgIpc) is 2.30. The smallest absolute Gasteiger partial charge is 0.222 e. The van der Waals surface area contributed by atoms with Gasteiger partial charge in [-0.1, -0.05) is 27.7 Å². The van der Waals surface area contributed by atoms with E-state index in [1.807, 2.05) is 27.7 Å². The molecule has 1 unspecified atom stereocenters. The first-order valence-electron chi connectivity index (χ1n) is 5.79. The second-order valence-corrected chi connectivity index (χ2v) is 3.63. The summed E-state index contributed by atoms with van der Waals surface area (Å²) in [5, 5.41) is 6.14. The van der Waals surface area contributed by atoms with Crippen molar-refractivity contribution in [3.8, 4) is 0 Å². The van der Waals surface area contributed by atoms with Crippen LogP contribution in [0.1, 0.15) is 27.7 Å². The van der Waals surface area contributed by atoms with Crippen molar-refractivity contribution in [2.24, 2.45) is 5.92 Å². The van der Waals surface area contributed by atoms with E-state index in [1.165, 1.54) is 0 Å². The molecule has 1 aliphatic rings. The topological polar surface area (TPSA) is 50.4 Å². The molecule has 1 saturated heterocycles. The molecule has 0 bridgehead atoms. The Morgan fingerprint density at radius 1 is 1.53 bits per heavy atom. The summed E-state index contributed by atoms with van der Waals surface area (Å²) in [4.78, 5) is 11.2. The minimum atomic E-state index is 0.0597. The number of hydrogen-bond acceptors (Lipinski definition) is 3. The van der Waals surface area contributed by atoms with Crippen molar-refractivity contribution in [3.05, 3.63) is 0 Å². The maximum absolute atomic E-state index is 11.2. The Morgan fingerprint density at radius 2 is 2.20 bits per heavy atom. The fraction of sp³-hybridized carbons (Fsp3) is 0.909. The number of hydrogen-bond donors (Lipinski definition) is 2. The van der Waals surface area contributed by atoms with Gasteiger partial charge in [-0.2, -0.15) is 0 Å². The lowest BCUT2D eigenvalue weighted by Gasteiger charge is -2.24. The summed E-state index contributed by atoms with van der Waals surface area (Å²) < 4.78 is 5.26. The number of morpholine rings is 1. The Bertz CT molecular complexity index is 166. The van der Waals surface area contributed by atoms with Crippen LogP contribution in [0.15, 0.2) is 0 Å². The Balaban J connectivity index is 0.000000921. The third-order valence-corrected chi connectivity index (χ3v) is 2.05. The molecular weight excluding hydrogens is 192 g/mol. The van der Waals surface area contributed by atoms with Gasteiger partial charge in [0.05, 0.1) is 13.2 Å². The third kappa shape index (κ3) is 6.47.